The van der Waals surface area contributed by atoms with Crippen molar-refractivity contribution in [2.75, 3.05) is 23.3 Å². The van der Waals surface area contributed by atoms with Crippen LogP contribution in [0, 0.1) is 15.9 Å². The van der Waals surface area contributed by atoms with E-state index in [9.17, 15) is 19.3 Å². The summed E-state index contributed by atoms with van der Waals surface area (Å²) < 4.78 is 15.6. The second-order valence-corrected chi connectivity index (χ2v) is 8.91. The normalized spacial score (nSPS) is 17.6. The number of nitrogens with zero attached hydrogens (tertiary/aromatic N) is 5. The van der Waals surface area contributed by atoms with Crippen LogP contribution in [0.3, 0.4) is 0 Å². The Kier molecular flexibility index (Phi) is 5.89. The number of amides is 1. The van der Waals surface area contributed by atoms with Gasteiger partial charge >= 0.3 is 5.69 Å². The maximum absolute atomic E-state index is 13.5. The number of halogens is 1. The standard InChI is InChI=1S/C19H23FN6O3S/c1-12(17(27)21-13-5-8-15(20)16(11-13)26(28)29)30-19-23-22-18(25(19)14-6-7-14)24-9-3-2-4-10-24/h5,8,11-12,14H,2-4,6-7,9-10H2,1H3,(H,21,27). The number of piperidine rings is 1. The highest BCUT2D eigenvalue weighted by molar-refractivity contribution is 8.00. The third kappa shape index (κ3) is 4.40. The molecule has 1 aromatic carbocycles. The Morgan fingerprint density at radius 2 is 2.03 bits per heavy atom. The van der Waals surface area contributed by atoms with E-state index in [1.165, 1.54) is 24.2 Å². The Bertz CT molecular complexity index is 958. The van der Waals surface area contributed by atoms with E-state index in [1.807, 2.05) is 0 Å². The molecule has 1 N–H and O–H groups in total. The lowest BCUT2D eigenvalue weighted by atomic mass is 10.1. The maximum Gasteiger partial charge on any atom is 0.306 e. The third-order valence-corrected chi connectivity index (χ3v) is 6.32. The number of nitro benzene ring substituents is 1. The summed E-state index contributed by atoms with van der Waals surface area (Å²) in [4.78, 5) is 25.0. The van der Waals surface area contributed by atoms with E-state index >= 15 is 0 Å². The largest absolute Gasteiger partial charge is 0.341 e. The van der Waals surface area contributed by atoms with Crippen molar-refractivity contribution in [2.45, 2.75) is 55.5 Å². The molecule has 0 bridgehead atoms. The number of anilines is 2. The molecule has 1 atom stereocenters. The first kappa shape index (κ1) is 20.6. The van der Waals surface area contributed by atoms with Crippen molar-refractivity contribution in [3.63, 3.8) is 0 Å². The van der Waals surface area contributed by atoms with Crippen molar-refractivity contribution >= 4 is 35.0 Å². The van der Waals surface area contributed by atoms with Crippen LogP contribution in [-0.4, -0.2) is 43.9 Å². The molecule has 4 rings (SSSR count). The summed E-state index contributed by atoms with van der Waals surface area (Å²) >= 11 is 1.31. The summed E-state index contributed by atoms with van der Waals surface area (Å²) in [5, 5.41) is 22.5. The van der Waals surface area contributed by atoms with Crippen molar-refractivity contribution in [3.05, 3.63) is 34.1 Å². The van der Waals surface area contributed by atoms with Crippen molar-refractivity contribution in [3.8, 4) is 0 Å². The van der Waals surface area contributed by atoms with Gasteiger partial charge in [-0.3, -0.25) is 19.5 Å². The number of aromatic nitrogens is 3. The Hall–Kier alpha value is -2.69. The van der Waals surface area contributed by atoms with Crippen LogP contribution < -0.4 is 10.2 Å². The fourth-order valence-electron chi connectivity index (χ4n) is 3.50. The van der Waals surface area contributed by atoms with Gasteiger partial charge in [0.05, 0.1) is 10.2 Å². The summed E-state index contributed by atoms with van der Waals surface area (Å²) in [5.74, 6) is -0.407. The van der Waals surface area contributed by atoms with E-state index in [-0.39, 0.29) is 11.6 Å². The molecule has 1 aliphatic heterocycles. The van der Waals surface area contributed by atoms with Crippen molar-refractivity contribution < 1.29 is 14.1 Å². The van der Waals surface area contributed by atoms with Crippen LogP contribution in [0.4, 0.5) is 21.7 Å². The van der Waals surface area contributed by atoms with Crippen molar-refractivity contribution in [1.29, 1.82) is 0 Å². The van der Waals surface area contributed by atoms with Gasteiger partial charge < -0.3 is 10.2 Å². The van der Waals surface area contributed by atoms with Crippen LogP contribution in [0.25, 0.3) is 0 Å². The van der Waals surface area contributed by atoms with Crippen LogP contribution in [-0.2, 0) is 4.79 Å². The number of carbonyl (C=O) groups is 1. The van der Waals surface area contributed by atoms with E-state index < -0.39 is 21.7 Å². The molecule has 1 unspecified atom stereocenters. The second-order valence-electron chi connectivity index (χ2n) is 7.60. The maximum atomic E-state index is 13.5. The van der Waals surface area contributed by atoms with E-state index in [0.29, 0.717) is 11.2 Å². The minimum absolute atomic E-state index is 0.179. The van der Waals surface area contributed by atoms with Crippen molar-refractivity contribution in [2.24, 2.45) is 0 Å². The summed E-state index contributed by atoms with van der Waals surface area (Å²) in [7, 11) is 0. The van der Waals surface area contributed by atoms with Crippen molar-refractivity contribution in [1.82, 2.24) is 14.8 Å². The van der Waals surface area contributed by atoms with E-state index in [4.69, 9.17) is 0 Å². The molecule has 0 radical (unpaired) electrons. The molecule has 2 aliphatic rings. The van der Waals surface area contributed by atoms with E-state index in [1.54, 1.807) is 6.92 Å². The van der Waals surface area contributed by atoms with Crippen LogP contribution in [0.15, 0.2) is 23.4 Å². The van der Waals surface area contributed by atoms with Gasteiger partial charge in [-0.1, -0.05) is 11.8 Å². The molecule has 2 aromatic rings. The molecule has 2 heterocycles. The van der Waals surface area contributed by atoms with Gasteiger partial charge in [0, 0.05) is 30.9 Å². The average Bonchev–Trinajstić information content (AvgIpc) is 3.49. The van der Waals surface area contributed by atoms with Gasteiger partial charge in [0.25, 0.3) is 0 Å². The number of hydrogen-bond acceptors (Lipinski definition) is 7. The second kappa shape index (κ2) is 8.58. The summed E-state index contributed by atoms with van der Waals surface area (Å²) in [6.07, 6.45) is 5.66. The molecular weight excluding hydrogens is 411 g/mol. The van der Waals surface area contributed by atoms with E-state index in [0.717, 1.165) is 56.9 Å². The molecule has 1 saturated carbocycles. The lowest BCUT2D eigenvalue weighted by Crippen LogP contribution is -2.32. The highest BCUT2D eigenvalue weighted by atomic mass is 32.2. The number of rotatable bonds is 7. The first-order valence-electron chi connectivity index (χ1n) is 10.1. The van der Waals surface area contributed by atoms with Gasteiger partial charge in [0.1, 0.15) is 0 Å². The monoisotopic (exact) mass is 434 g/mol. The van der Waals surface area contributed by atoms with Crippen LogP contribution in [0.1, 0.15) is 45.1 Å². The SMILES string of the molecule is CC(Sc1nnc(N2CCCCC2)n1C1CC1)C(=O)Nc1ccc(F)c([N+](=O)[O-])c1. The zero-order chi connectivity index (χ0) is 21.3. The number of benzene rings is 1. The number of carbonyl (C=O) groups excluding carboxylic acids is 1. The predicted molar refractivity (Wildman–Crippen MR) is 111 cm³/mol. The molecule has 1 saturated heterocycles. The lowest BCUT2D eigenvalue weighted by Gasteiger charge is -2.28. The Morgan fingerprint density at radius 3 is 2.70 bits per heavy atom. The van der Waals surface area contributed by atoms with Gasteiger partial charge in [0.2, 0.25) is 17.7 Å². The average molecular weight is 434 g/mol. The Balaban J connectivity index is 1.46. The summed E-state index contributed by atoms with van der Waals surface area (Å²) in [6.45, 7) is 3.67. The smallest absolute Gasteiger partial charge is 0.306 e. The topological polar surface area (TPSA) is 106 Å². The fraction of sp³-hybridized carbons (Fsp3) is 0.526. The molecule has 1 aromatic heterocycles. The number of nitrogens with one attached hydrogen (secondary N) is 1. The van der Waals surface area contributed by atoms with Gasteiger partial charge in [0.15, 0.2) is 5.16 Å². The van der Waals surface area contributed by atoms with Gasteiger partial charge in [-0.15, -0.1) is 10.2 Å². The third-order valence-electron chi connectivity index (χ3n) is 5.26. The molecule has 30 heavy (non-hydrogen) atoms. The molecule has 9 nitrogen and oxygen atoms in total. The quantitative estimate of drug-likeness (QED) is 0.402. The highest BCUT2D eigenvalue weighted by Crippen LogP contribution is 2.42. The van der Waals surface area contributed by atoms with Gasteiger partial charge in [-0.25, -0.2) is 0 Å². The first-order valence-corrected chi connectivity index (χ1v) is 10.9. The van der Waals surface area contributed by atoms with Crippen LogP contribution >= 0.6 is 11.8 Å². The minimum atomic E-state index is -0.941. The molecule has 2 fully saturated rings. The molecule has 11 heteroatoms. The zero-order valence-corrected chi connectivity index (χ0v) is 17.4. The van der Waals surface area contributed by atoms with Crippen LogP contribution in [0.5, 0.6) is 0 Å². The minimum Gasteiger partial charge on any atom is -0.341 e. The lowest BCUT2D eigenvalue weighted by molar-refractivity contribution is -0.387. The predicted octanol–water partition coefficient (Wildman–Crippen LogP) is 3.77. The van der Waals surface area contributed by atoms with Crippen LogP contribution in [0.2, 0.25) is 0 Å². The Labute approximate surface area is 177 Å². The number of nitro groups is 1. The van der Waals surface area contributed by atoms with E-state index in [2.05, 4.69) is 25.0 Å². The fourth-order valence-corrected chi connectivity index (χ4v) is 4.41. The Morgan fingerprint density at radius 1 is 1.30 bits per heavy atom. The first-order chi connectivity index (χ1) is 14.4. The molecular formula is C19H23FN6O3S. The number of hydrogen-bond donors (Lipinski definition) is 1. The van der Waals surface area contributed by atoms with Gasteiger partial charge in [-0.05, 0) is 51.2 Å². The summed E-state index contributed by atoms with van der Waals surface area (Å²) in [5.41, 5.74) is -0.494. The highest BCUT2D eigenvalue weighted by Gasteiger charge is 2.33. The molecule has 1 amide bonds. The summed E-state index contributed by atoms with van der Waals surface area (Å²) in [6, 6.07) is 3.67. The molecule has 0 spiro atoms. The molecule has 160 valence electrons. The zero-order valence-electron chi connectivity index (χ0n) is 16.6. The molecule has 1 aliphatic carbocycles. The van der Waals surface area contributed by atoms with Gasteiger partial charge in [-0.2, -0.15) is 4.39 Å². The number of thioether (sulfide) groups is 1.